The van der Waals surface area contributed by atoms with Crippen LogP contribution >= 0.6 is 23.5 Å². The molecule has 1 aliphatic heterocycles. The number of para-hydroxylation sites is 1. The largest absolute Gasteiger partial charge is 0.478 e. The summed E-state index contributed by atoms with van der Waals surface area (Å²) in [6.07, 6.45) is 0. The predicted octanol–water partition coefficient (Wildman–Crippen LogP) is 1.88. The van der Waals surface area contributed by atoms with Crippen LogP contribution in [0.5, 0.6) is 0 Å². The average molecular weight is 310 g/mol. The van der Waals surface area contributed by atoms with Crippen molar-refractivity contribution in [3.8, 4) is 0 Å². The van der Waals surface area contributed by atoms with Crippen LogP contribution in [0.4, 0.5) is 0 Å². The van der Waals surface area contributed by atoms with Gasteiger partial charge in [-0.2, -0.15) is 23.5 Å². The molecule has 0 spiro atoms. The first kappa shape index (κ1) is 13.6. The number of H-pyrrole nitrogens is 1. The van der Waals surface area contributed by atoms with Crippen molar-refractivity contribution in [3.63, 3.8) is 0 Å². The van der Waals surface area contributed by atoms with Crippen LogP contribution in [-0.2, 0) is 6.54 Å². The molecule has 5 nitrogen and oxygen atoms in total. The quantitative estimate of drug-likeness (QED) is 0.905. The Morgan fingerprint density at radius 1 is 1.45 bits per heavy atom. The van der Waals surface area contributed by atoms with Gasteiger partial charge in [0.1, 0.15) is 0 Å². The molecule has 20 heavy (non-hydrogen) atoms. The van der Waals surface area contributed by atoms with Crippen LogP contribution in [0.1, 0.15) is 10.4 Å². The Morgan fingerprint density at radius 3 is 3.00 bits per heavy atom. The lowest BCUT2D eigenvalue weighted by Gasteiger charge is -2.21. The van der Waals surface area contributed by atoms with Crippen molar-refractivity contribution in [2.75, 3.05) is 17.3 Å². The molecule has 1 unspecified atom stereocenters. The molecule has 1 saturated heterocycles. The molecule has 2 aromatic rings. The van der Waals surface area contributed by atoms with Crippen molar-refractivity contribution in [1.29, 1.82) is 0 Å². The van der Waals surface area contributed by atoms with E-state index in [1.165, 1.54) is 6.07 Å². The van der Waals surface area contributed by atoms with Gasteiger partial charge in [0.05, 0.1) is 16.6 Å². The first-order valence-corrected chi connectivity index (χ1v) is 8.51. The molecule has 0 aliphatic carbocycles. The number of hydrogen-bond donors (Lipinski definition) is 2. The van der Waals surface area contributed by atoms with E-state index in [-0.39, 0.29) is 11.3 Å². The average Bonchev–Trinajstić information content (AvgIpc) is 2.76. The molecule has 0 saturated carbocycles. The Hall–Kier alpha value is -1.34. The van der Waals surface area contributed by atoms with E-state index in [1.54, 1.807) is 16.7 Å². The smallest absolute Gasteiger partial charge is 0.337 e. The van der Waals surface area contributed by atoms with Gasteiger partial charge in [0.25, 0.3) is 0 Å². The standard InChI is InChI=1S/C13H14N2O3S2/c16-12(17)9-2-1-3-10-11(9)15(13(18)14-10)6-8-7-19-4-5-20-8/h1-3,8H,4-7H2,(H,14,18)(H,16,17). The summed E-state index contributed by atoms with van der Waals surface area (Å²) < 4.78 is 1.57. The monoisotopic (exact) mass is 310 g/mol. The molecule has 2 heterocycles. The maximum Gasteiger partial charge on any atom is 0.337 e. The molecule has 0 radical (unpaired) electrons. The molecule has 1 atom stereocenters. The van der Waals surface area contributed by atoms with Gasteiger partial charge in [-0.05, 0) is 12.1 Å². The summed E-state index contributed by atoms with van der Waals surface area (Å²) in [5.74, 6) is 2.22. The number of rotatable bonds is 3. The minimum absolute atomic E-state index is 0.175. The number of carbonyl (C=O) groups is 1. The number of imidazole rings is 1. The van der Waals surface area contributed by atoms with Gasteiger partial charge in [0.15, 0.2) is 0 Å². The Balaban J connectivity index is 2.06. The lowest BCUT2D eigenvalue weighted by molar-refractivity contribution is 0.0698. The molecule has 1 aromatic carbocycles. The molecule has 0 amide bonds. The van der Waals surface area contributed by atoms with Gasteiger partial charge in [-0.1, -0.05) is 6.07 Å². The van der Waals surface area contributed by atoms with E-state index < -0.39 is 5.97 Å². The molecule has 106 valence electrons. The number of nitrogens with zero attached hydrogens (tertiary/aromatic N) is 1. The van der Waals surface area contributed by atoms with Crippen LogP contribution in [0.15, 0.2) is 23.0 Å². The summed E-state index contributed by atoms with van der Waals surface area (Å²) >= 11 is 3.73. The molecule has 0 bridgehead atoms. The van der Waals surface area contributed by atoms with Crippen molar-refractivity contribution in [3.05, 3.63) is 34.2 Å². The number of aromatic amines is 1. The van der Waals surface area contributed by atoms with Crippen LogP contribution in [0.3, 0.4) is 0 Å². The lowest BCUT2D eigenvalue weighted by atomic mass is 10.2. The summed E-state index contributed by atoms with van der Waals surface area (Å²) in [7, 11) is 0. The first-order valence-electron chi connectivity index (χ1n) is 6.31. The molecule has 1 aliphatic rings. The summed E-state index contributed by atoms with van der Waals surface area (Å²) in [6.45, 7) is 0.556. The van der Waals surface area contributed by atoms with E-state index in [4.69, 9.17) is 0 Å². The van der Waals surface area contributed by atoms with Crippen molar-refractivity contribution in [2.24, 2.45) is 0 Å². The number of fused-ring (bicyclic) bond motifs is 1. The first-order chi connectivity index (χ1) is 9.66. The molecule has 1 aromatic heterocycles. The second-order valence-electron chi connectivity index (χ2n) is 4.62. The van der Waals surface area contributed by atoms with Crippen LogP contribution in [-0.4, -0.2) is 43.1 Å². The number of hydrogen-bond acceptors (Lipinski definition) is 4. The van der Waals surface area contributed by atoms with Crippen molar-refractivity contribution < 1.29 is 9.90 Å². The van der Waals surface area contributed by atoms with Gasteiger partial charge in [-0.15, -0.1) is 0 Å². The van der Waals surface area contributed by atoms with Gasteiger partial charge in [0.2, 0.25) is 0 Å². The number of thioether (sulfide) groups is 2. The lowest BCUT2D eigenvalue weighted by Crippen LogP contribution is -2.27. The SMILES string of the molecule is O=C(O)c1cccc2[nH]c(=O)n(CC3CSCCS3)c12. The molecular formula is C13H14N2O3S2. The summed E-state index contributed by atoms with van der Waals surface area (Å²) in [5, 5.41) is 9.64. The molecule has 7 heteroatoms. The number of aromatic carboxylic acids is 1. The fraction of sp³-hybridized carbons (Fsp3) is 0.385. The van der Waals surface area contributed by atoms with E-state index in [1.807, 2.05) is 23.5 Å². The zero-order valence-electron chi connectivity index (χ0n) is 10.7. The summed E-state index contributed by atoms with van der Waals surface area (Å²) in [4.78, 5) is 26.2. The van der Waals surface area contributed by atoms with Gasteiger partial charge in [-0.25, -0.2) is 9.59 Å². The highest BCUT2D eigenvalue weighted by atomic mass is 32.2. The fourth-order valence-corrected chi connectivity index (χ4v) is 5.06. The molecule has 1 fully saturated rings. The van der Waals surface area contributed by atoms with Gasteiger partial charge < -0.3 is 10.1 Å². The van der Waals surface area contributed by atoms with Crippen molar-refractivity contribution in [2.45, 2.75) is 11.8 Å². The number of carboxylic acid groups (broad SMARTS) is 1. The predicted molar refractivity (Wildman–Crippen MR) is 83.1 cm³/mol. The maximum absolute atomic E-state index is 12.1. The van der Waals surface area contributed by atoms with Gasteiger partial charge in [-0.3, -0.25) is 4.57 Å². The number of benzene rings is 1. The van der Waals surface area contributed by atoms with Crippen LogP contribution in [0.2, 0.25) is 0 Å². The third-order valence-corrected chi connectivity index (χ3v) is 6.12. The fourth-order valence-electron chi connectivity index (χ4n) is 2.41. The number of nitrogens with one attached hydrogen (secondary N) is 1. The second kappa shape index (κ2) is 5.57. The zero-order chi connectivity index (χ0) is 14.1. The Morgan fingerprint density at radius 2 is 2.30 bits per heavy atom. The highest BCUT2D eigenvalue weighted by molar-refractivity contribution is 8.06. The normalized spacial score (nSPS) is 19.3. The zero-order valence-corrected chi connectivity index (χ0v) is 12.3. The van der Waals surface area contributed by atoms with E-state index in [0.29, 0.717) is 22.8 Å². The number of carboxylic acids is 1. The highest BCUT2D eigenvalue weighted by Gasteiger charge is 2.20. The number of aromatic nitrogens is 2. The summed E-state index contributed by atoms with van der Waals surface area (Å²) in [6, 6.07) is 4.93. The molecular weight excluding hydrogens is 296 g/mol. The minimum Gasteiger partial charge on any atom is -0.478 e. The van der Waals surface area contributed by atoms with E-state index in [9.17, 15) is 14.7 Å². The van der Waals surface area contributed by atoms with E-state index >= 15 is 0 Å². The Kier molecular flexibility index (Phi) is 3.80. The van der Waals surface area contributed by atoms with Crippen molar-refractivity contribution >= 4 is 40.5 Å². The van der Waals surface area contributed by atoms with E-state index in [2.05, 4.69) is 4.98 Å². The van der Waals surface area contributed by atoms with Crippen LogP contribution in [0, 0.1) is 0 Å². The van der Waals surface area contributed by atoms with Crippen molar-refractivity contribution in [1.82, 2.24) is 9.55 Å². The Bertz CT molecular complexity index is 701. The van der Waals surface area contributed by atoms with Crippen LogP contribution in [0.25, 0.3) is 11.0 Å². The molecule has 2 N–H and O–H groups in total. The Labute approximate surface area is 123 Å². The van der Waals surface area contributed by atoms with E-state index in [0.717, 1.165) is 17.3 Å². The van der Waals surface area contributed by atoms with Crippen LogP contribution < -0.4 is 5.69 Å². The highest BCUT2D eigenvalue weighted by Crippen LogP contribution is 2.26. The van der Waals surface area contributed by atoms with Gasteiger partial charge in [0, 0.05) is 29.1 Å². The third-order valence-electron chi connectivity index (χ3n) is 3.29. The maximum atomic E-state index is 12.1. The molecule has 3 rings (SSSR count). The second-order valence-corrected chi connectivity index (χ2v) is 7.17. The summed E-state index contributed by atoms with van der Waals surface area (Å²) in [5.41, 5.74) is 1.03. The third kappa shape index (κ3) is 2.47. The van der Waals surface area contributed by atoms with Gasteiger partial charge >= 0.3 is 11.7 Å². The topological polar surface area (TPSA) is 75.1 Å². The minimum atomic E-state index is -1.01.